The van der Waals surface area contributed by atoms with Crippen molar-refractivity contribution in [3.05, 3.63) is 54.7 Å². The molecule has 0 aliphatic heterocycles. The minimum absolute atomic E-state index is 0.241. The molecule has 1 amide bonds. The number of aromatic nitrogens is 2. The smallest absolute Gasteiger partial charge is 0.254 e. The van der Waals surface area contributed by atoms with Gasteiger partial charge in [0.05, 0.1) is 5.56 Å². The Bertz CT molecular complexity index is 612. The van der Waals surface area contributed by atoms with Crippen molar-refractivity contribution in [2.45, 2.75) is 0 Å². The molecule has 0 radical (unpaired) electrons. The first-order valence-corrected chi connectivity index (χ1v) is 6.04. The van der Waals surface area contributed by atoms with Gasteiger partial charge in [0, 0.05) is 18.4 Å². The zero-order valence-electron chi connectivity index (χ0n) is 10.8. The number of para-hydroxylation sites is 1. The van der Waals surface area contributed by atoms with Crippen LogP contribution in [0.3, 0.4) is 0 Å². The maximum atomic E-state index is 11.3. The minimum Gasteiger partial charge on any atom is -0.366 e. The van der Waals surface area contributed by atoms with E-state index in [0.29, 0.717) is 18.3 Å². The van der Waals surface area contributed by atoms with E-state index in [1.54, 1.807) is 6.08 Å². The molecule has 0 atom stereocenters. The first-order chi connectivity index (χ1) is 9.70. The Kier molecular flexibility index (Phi) is 4.28. The van der Waals surface area contributed by atoms with Gasteiger partial charge in [-0.2, -0.15) is 4.98 Å². The van der Waals surface area contributed by atoms with Crippen LogP contribution in [0.15, 0.2) is 49.2 Å². The molecule has 2 rings (SSSR count). The van der Waals surface area contributed by atoms with E-state index in [1.165, 1.54) is 6.20 Å². The van der Waals surface area contributed by atoms with Gasteiger partial charge in [0.2, 0.25) is 5.95 Å². The van der Waals surface area contributed by atoms with Gasteiger partial charge in [-0.05, 0) is 12.1 Å². The predicted octanol–water partition coefficient (Wildman–Crippen LogP) is 1.92. The fraction of sp³-hybridized carbons (Fsp3) is 0.0714. The van der Waals surface area contributed by atoms with Crippen LogP contribution >= 0.6 is 0 Å². The second-order valence-corrected chi connectivity index (χ2v) is 3.98. The fourth-order valence-corrected chi connectivity index (χ4v) is 1.58. The highest BCUT2D eigenvalue weighted by Gasteiger charge is 2.11. The van der Waals surface area contributed by atoms with Gasteiger partial charge in [0.15, 0.2) is 0 Å². The van der Waals surface area contributed by atoms with E-state index >= 15 is 0 Å². The molecule has 0 bridgehead atoms. The lowest BCUT2D eigenvalue weighted by molar-refractivity contribution is 0.100. The van der Waals surface area contributed by atoms with E-state index in [9.17, 15) is 4.79 Å². The Morgan fingerprint density at radius 2 is 2.10 bits per heavy atom. The SMILES string of the molecule is C=CCNc1nc(Nc2ccccc2)ncc1C(N)=O. The van der Waals surface area contributed by atoms with Crippen LogP contribution in [-0.4, -0.2) is 22.4 Å². The van der Waals surface area contributed by atoms with Crippen molar-refractivity contribution < 1.29 is 4.79 Å². The number of hydrogen-bond acceptors (Lipinski definition) is 5. The lowest BCUT2D eigenvalue weighted by Crippen LogP contribution is -2.17. The van der Waals surface area contributed by atoms with E-state index in [4.69, 9.17) is 5.73 Å². The molecule has 0 spiro atoms. The number of amides is 1. The Morgan fingerprint density at radius 3 is 2.75 bits per heavy atom. The van der Waals surface area contributed by atoms with Crippen LogP contribution in [-0.2, 0) is 0 Å². The van der Waals surface area contributed by atoms with Gasteiger partial charge in [0.25, 0.3) is 5.91 Å². The van der Waals surface area contributed by atoms with Gasteiger partial charge < -0.3 is 16.4 Å². The van der Waals surface area contributed by atoms with E-state index in [1.807, 2.05) is 30.3 Å². The number of rotatable bonds is 6. The minimum atomic E-state index is -0.581. The molecule has 20 heavy (non-hydrogen) atoms. The Morgan fingerprint density at radius 1 is 1.35 bits per heavy atom. The molecular weight excluding hydrogens is 254 g/mol. The second kappa shape index (κ2) is 6.33. The third-order valence-corrected chi connectivity index (χ3v) is 2.50. The molecule has 4 N–H and O–H groups in total. The van der Waals surface area contributed by atoms with Gasteiger partial charge in [-0.15, -0.1) is 6.58 Å². The first kappa shape index (κ1) is 13.5. The summed E-state index contributed by atoms with van der Waals surface area (Å²) in [5, 5.41) is 6.01. The summed E-state index contributed by atoms with van der Waals surface area (Å²) >= 11 is 0. The molecule has 6 heteroatoms. The lowest BCUT2D eigenvalue weighted by Gasteiger charge is -2.10. The molecule has 0 aliphatic rings. The Labute approximate surface area is 116 Å². The Balaban J connectivity index is 2.26. The van der Waals surface area contributed by atoms with Crippen molar-refractivity contribution in [3.8, 4) is 0 Å². The summed E-state index contributed by atoms with van der Waals surface area (Å²) < 4.78 is 0. The summed E-state index contributed by atoms with van der Waals surface area (Å²) in [6.45, 7) is 4.08. The molecule has 0 aliphatic carbocycles. The zero-order chi connectivity index (χ0) is 14.4. The standard InChI is InChI=1S/C14H15N5O/c1-2-8-16-13-11(12(15)20)9-17-14(19-13)18-10-6-4-3-5-7-10/h2-7,9H,1,8H2,(H2,15,20)(H2,16,17,18,19). The van der Waals surface area contributed by atoms with Crippen LogP contribution in [0.25, 0.3) is 0 Å². The maximum absolute atomic E-state index is 11.3. The lowest BCUT2D eigenvalue weighted by atomic mass is 10.3. The number of nitrogens with one attached hydrogen (secondary N) is 2. The molecule has 0 saturated heterocycles. The van der Waals surface area contributed by atoms with Crippen molar-refractivity contribution in [2.24, 2.45) is 5.73 Å². The van der Waals surface area contributed by atoms with E-state index in [-0.39, 0.29) is 5.56 Å². The summed E-state index contributed by atoms with van der Waals surface area (Å²) in [5.74, 6) is 0.182. The predicted molar refractivity (Wildman–Crippen MR) is 79.0 cm³/mol. The molecular formula is C14H15N5O. The van der Waals surface area contributed by atoms with Crippen LogP contribution in [0, 0.1) is 0 Å². The number of hydrogen-bond donors (Lipinski definition) is 3. The van der Waals surface area contributed by atoms with Crippen molar-refractivity contribution in [1.82, 2.24) is 9.97 Å². The molecule has 1 aromatic heterocycles. The molecule has 2 aromatic rings. The summed E-state index contributed by atoms with van der Waals surface area (Å²) in [6.07, 6.45) is 3.06. The van der Waals surface area contributed by atoms with Crippen LogP contribution in [0.5, 0.6) is 0 Å². The highest BCUT2D eigenvalue weighted by atomic mass is 16.1. The molecule has 1 heterocycles. The second-order valence-electron chi connectivity index (χ2n) is 3.98. The van der Waals surface area contributed by atoms with Crippen molar-refractivity contribution >= 4 is 23.4 Å². The van der Waals surface area contributed by atoms with Crippen LogP contribution < -0.4 is 16.4 Å². The van der Waals surface area contributed by atoms with Crippen LogP contribution in [0.1, 0.15) is 10.4 Å². The first-order valence-electron chi connectivity index (χ1n) is 6.04. The fourth-order valence-electron chi connectivity index (χ4n) is 1.58. The number of carbonyl (C=O) groups excluding carboxylic acids is 1. The Hall–Kier alpha value is -2.89. The van der Waals surface area contributed by atoms with Gasteiger partial charge >= 0.3 is 0 Å². The molecule has 102 valence electrons. The van der Waals surface area contributed by atoms with Crippen LogP contribution in [0.2, 0.25) is 0 Å². The third kappa shape index (κ3) is 3.32. The normalized spacial score (nSPS) is 9.80. The summed E-state index contributed by atoms with van der Waals surface area (Å²) in [6, 6.07) is 9.50. The van der Waals surface area contributed by atoms with Crippen LogP contribution in [0.4, 0.5) is 17.5 Å². The molecule has 6 nitrogen and oxygen atoms in total. The average molecular weight is 269 g/mol. The average Bonchev–Trinajstić information content (AvgIpc) is 2.46. The monoisotopic (exact) mass is 269 g/mol. The number of nitrogens with zero attached hydrogens (tertiary/aromatic N) is 2. The van der Waals surface area contributed by atoms with Gasteiger partial charge in [-0.25, -0.2) is 4.98 Å². The molecule has 0 saturated carbocycles. The van der Waals surface area contributed by atoms with E-state index in [0.717, 1.165) is 5.69 Å². The molecule has 0 fully saturated rings. The maximum Gasteiger partial charge on any atom is 0.254 e. The summed E-state index contributed by atoms with van der Waals surface area (Å²) in [7, 11) is 0. The largest absolute Gasteiger partial charge is 0.366 e. The topological polar surface area (TPSA) is 92.9 Å². The van der Waals surface area contributed by atoms with Crippen molar-refractivity contribution in [1.29, 1.82) is 0 Å². The number of benzene rings is 1. The number of primary amides is 1. The number of carbonyl (C=O) groups is 1. The van der Waals surface area contributed by atoms with E-state index in [2.05, 4.69) is 27.2 Å². The van der Waals surface area contributed by atoms with Gasteiger partial charge in [-0.3, -0.25) is 4.79 Å². The van der Waals surface area contributed by atoms with Gasteiger partial charge in [0.1, 0.15) is 5.82 Å². The number of anilines is 3. The van der Waals surface area contributed by atoms with Crippen molar-refractivity contribution in [2.75, 3.05) is 17.2 Å². The van der Waals surface area contributed by atoms with Crippen molar-refractivity contribution in [3.63, 3.8) is 0 Å². The van der Waals surface area contributed by atoms with E-state index < -0.39 is 5.91 Å². The third-order valence-electron chi connectivity index (χ3n) is 2.50. The zero-order valence-corrected chi connectivity index (χ0v) is 10.8. The molecule has 1 aromatic carbocycles. The molecule has 0 unspecified atom stereocenters. The highest BCUT2D eigenvalue weighted by molar-refractivity contribution is 5.97. The van der Waals surface area contributed by atoms with Gasteiger partial charge in [-0.1, -0.05) is 24.3 Å². The summed E-state index contributed by atoms with van der Waals surface area (Å²) in [5.41, 5.74) is 6.38. The number of nitrogens with two attached hydrogens (primary N) is 1. The highest BCUT2D eigenvalue weighted by Crippen LogP contribution is 2.16. The quantitative estimate of drug-likeness (QED) is 0.697. The summed E-state index contributed by atoms with van der Waals surface area (Å²) in [4.78, 5) is 19.6.